The van der Waals surface area contributed by atoms with E-state index in [1.165, 1.54) is 0 Å². The van der Waals surface area contributed by atoms with Gasteiger partial charge in [-0.05, 0) is 87.3 Å². The number of benzene rings is 2. The number of rotatable bonds is 11. The molecule has 55 heavy (non-hydrogen) atoms. The minimum absolute atomic E-state index is 0.0694. The number of aromatic nitrogens is 2. The minimum Gasteiger partial charge on any atom is -0.494 e. The molecule has 14 heteroatoms. The summed E-state index contributed by atoms with van der Waals surface area (Å²) in [5.41, 5.74) is 0.434. The van der Waals surface area contributed by atoms with Gasteiger partial charge in [0.1, 0.15) is 35.4 Å². The van der Waals surface area contributed by atoms with Gasteiger partial charge in [0.05, 0.1) is 34.4 Å². The summed E-state index contributed by atoms with van der Waals surface area (Å²) in [6.45, 7) is 8.74. The predicted octanol–water partition coefficient (Wildman–Crippen LogP) is 6.01. The molecule has 2 N–H and O–H groups in total. The summed E-state index contributed by atoms with van der Waals surface area (Å²) in [6, 6.07) is 12.7. The number of nitrogens with zero attached hydrogens (tertiary/aromatic N) is 4. The Balaban J connectivity index is 0.852. The van der Waals surface area contributed by atoms with Gasteiger partial charge >= 0.3 is 0 Å². The second kappa shape index (κ2) is 14.8. The molecule has 1 saturated heterocycles. The van der Waals surface area contributed by atoms with Crippen molar-refractivity contribution in [2.75, 3.05) is 6.61 Å². The van der Waals surface area contributed by atoms with Gasteiger partial charge in [0.2, 0.25) is 11.8 Å². The van der Waals surface area contributed by atoms with Crippen molar-refractivity contribution in [2.45, 2.75) is 103 Å². The van der Waals surface area contributed by atoms with Crippen LogP contribution in [-0.4, -0.2) is 69.0 Å². The lowest BCUT2D eigenvalue weighted by molar-refractivity contribution is -0.164. The van der Waals surface area contributed by atoms with Crippen molar-refractivity contribution in [3.8, 4) is 17.6 Å². The molecule has 3 fully saturated rings. The van der Waals surface area contributed by atoms with Gasteiger partial charge in [-0.25, -0.2) is 0 Å². The van der Waals surface area contributed by atoms with Crippen LogP contribution in [0.15, 0.2) is 48.7 Å². The number of piperidine rings is 1. The summed E-state index contributed by atoms with van der Waals surface area (Å²) in [4.78, 5) is 64.4. The Labute approximate surface area is 324 Å². The quantitative estimate of drug-likeness (QED) is 0.175. The Morgan fingerprint density at radius 2 is 1.67 bits per heavy atom. The van der Waals surface area contributed by atoms with E-state index in [0.29, 0.717) is 40.3 Å². The lowest BCUT2D eigenvalue weighted by atomic mass is 9.49. The summed E-state index contributed by atoms with van der Waals surface area (Å²) in [5, 5.41) is 19.7. The Hall–Kier alpha value is -5.22. The number of imide groups is 2. The van der Waals surface area contributed by atoms with Crippen LogP contribution in [0.4, 0.5) is 0 Å². The maximum absolute atomic E-state index is 13.4. The SMILES string of the molecule is CC1(C)[C@H](NC(=O)c2ccn(C3CCC(CCCOc4ccc5c(c4)C(=O)N(C4CCC(=O)NC4=O)C5=O)CC3)n2)C(C)(C)[C@H]1Oc1ccc(C#N)c(Cl)c1. The van der Waals surface area contributed by atoms with Crippen LogP contribution in [-0.2, 0) is 9.59 Å². The molecule has 3 heterocycles. The van der Waals surface area contributed by atoms with Gasteiger partial charge in [-0.2, -0.15) is 10.4 Å². The van der Waals surface area contributed by atoms with Gasteiger partial charge in [0, 0.05) is 35.6 Å². The Bertz CT molecular complexity index is 2080. The van der Waals surface area contributed by atoms with Gasteiger partial charge in [0.15, 0.2) is 0 Å². The van der Waals surface area contributed by atoms with E-state index in [1.807, 2.05) is 10.9 Å². The average Bonchev–Trinajstić information content (AvgIpc) is 3.74. The molecule has 2 saturated carbocycles. The fourth-order valence-electron chi connectivity index (χ4n) is 9.26. The predicted molar refractivity (Wildman–Crippen MR) is 200 cm³/mol. The van der Waals surface area contributed by atoms with Gasteiger partial charge < -0.3 is 14.8 Å². The van der Waals surface area contributed by atoms with Crippen molar-refractivity contribution in [3.63, 3.8) is 0 Å². The van der Waals surface area contributed by atoms with Crippen molar-refractivity contribution in [1.82, 2.24) is 25.3 Å². The fourth-order valence-corrected chi connectivity index (χ4v) is 9.48. The molecule has 13 nitrogen and oxygen atoms in total. The van der Waals surface area contributed by atoms with Crippen LogP contribution in [0.5, 0.6) is 11.5 Å². The van der Waals surface area contributed by atoms with Crippen LogP contribution in [0.3, 0.4) is 0 Å². The fraction of sp³-hybridized carbons (Fsp3) is 0.488. The van der Waals surface area contributed by atoms with Gasteiger partial charge in [-0.3, -0.25) is 38.9 Å². The van der Waals surface area contributed by atoms with Crippen molar-refractivity contribution < 1.29 is 33.4 Å². The first-order valence-corrected chi connectivity index (χ1v) is 19.3. The first kappa shape index (κ1) is 38.1. The molecule has 4 aliphatic rings. The molecule has 1 aromatic heterocycles. The van der Waals surface area contributed by atoms with E-state index < -0.39 is 29.7 Å². The second-order valence-corrected chi connectivity index (χ2v) is 16.7. The molecular weight excluding hydrogens is 724 g/mol. The highest BCUT2D eigenvalue weighted by Gasteiger charge is 2.64. The average molecular weight is 769 g/mol. The maximum Gasteiger partial charge on any atom is 0.272 e. The molecule has 1 unspecified atom stereocenters. The van der Waals surface area contributed by atoms with Gasteiger partial charge in [-0.15, -0.1) is 0 Å². The van der Waals surface area contributed by atoms with E-state index in [-0.39, 0.29) is 58.9 Å². The number of carbonyl (C=O) groups excluding carboxylic acids is 5. The van der Waals surface area contributed by atoms with Crippen LogP contribution in [0, 0.1) is 28.1 Å². The molecule has 5 amide bonds. The third kappa shape index (κ3) is 7.20. The van der Waals surface area contributed by atoms with Crippen molar-refractivity contribution in [1.29, 1.82) is 5.26 Å². The molecule has 2 aliphatic heterocycles. The van der Waals surface area contributed by atoms with Crippen LogP contribution in [0.1, 0.15) is 122 Å². The summed E-state index contributed by atoms with van der Waals surface area (Å²) in [7, 11) is 0. The van der Waals surface area contributed by atoms with Crippen molar-refractivity contribution in [3.05, 3.63) is 76.1 Å². The van der Waals surface area contributed by atoms with E-state index in [0.717, 1.165) is 43.4 Å². The number of amides is 5. The van der Waals surface area contributed by atoms with E-state index in [4.69, 9.17) is 26.2 Å². The molecule has 0 spiro atoms. The van der Waals surface area contributed by atoms with Crippen molar-refractivity contribution in [2.24, 2.45) is 16.7 Å². The highest BCUT2D eigenvalue weighted by molar-refractivity contribution is 6.31. The molecular formula is C41H45ClN6O7. The van der Waals surface area contributed by atoms with E-state index in [2.05, 4.69) is 44.4 Å². The highest BCUT2D eigenvalue weighted by Crippen LogP contribution is 2.55. The highest BCUT2D eigenvalue weighted by atomic mass is 35.5. The smallest absolute Gasteiger partial charge is 0.272 e. The number of nitriles is 1. The first-order valence-electron chi connectivity index (χ1n) is 18.9. The van der Waals surface area contributed by atoms with E-state index in [1.54, 1.807) is 42.5 Å². The van der Waals surface area contributed by atoms with Crippen LogP contribution < -0.4 is 20.1 Å². The topological polar surface area (TPSA) is 173 Å². The van der Waals surface area contributed by atoms with Crippen LogP contribution in [0.25, 0.3) is 0 Å². The monoisotopic (exact) mass is 768 g/mol. The van der Waals surface area contributed by atoms with Gasteiger partial charge in [0.25, 0.3) is 17.7 Å². The molecule has 3 aromatic rings. The Kier molecular flexibility index (Phi) is 10.2. The summed E-state index contributed by atoms with van der Waals surface area (Å²) < 4.78 is 14.2. The van der Waals surface area contributed by atoms with Crippen molar-refractivity contribution >= 4 is 41.1 Å². The largest absolute Gasteiger partial charge is 0.494 e. The number of hydrogen-bond acceptors (Lipinski definition) is 9. The Morgan fingerprint density at radius 1 is 0.964 bits per heavy atom. The number of halogens is 1. The molecule has 2 aliphatic carbocycles. The summed E-state index contributed by atoms with van der Waals surface area (Å²) in [5.74, 6) is -0.759. The first-order chi connectivity index (χ1) is 26.2. The molecule has 0 bridgehead atoms. The number of nitrogens with one attached hydrogen (secondary N) is 2. The molecule has 7 rings (SSSR count). The van der Waals surface area contributed by atoms with E-state index in [9.17, 15) is 29.2 Å². The lowest BCUT2D eigenvalue weighted by Crippen LogP contribution is -2.74. The molecule has 0 radical (unpaired) electrons. The number of fused-ring (bicyclic) bond motifs is 1. The number of ether oxygens (including phenoxy) is 2. The minimum atomic E-state index is -1.00. The standard InChI is InChI=1S/C41H45ClN6O7/c1-40(2)38(41(3,4)39(40)55-27-12-9-24(22-43)30(42)21-27)45-34(50)31-17-18-47(46-31)25-10-7-23(8-11-25)6-5-19-54-26-13-14-28-29(20-26)37(53)48(36(28)52)32-15-16-33(49)44-35(32)51/h9,12-14,17-18,20-21,23,25,32,38-39H,5-8,10-11,15-16,19H2,1-4H3,(H,45,50)(H,44,49,51)/t23?,25?,32?,38-,39-. The lowest BCUT2D eigenvalue weighted by Gasteiger charge is -2.63. The van der Waals surface area contributed by atoms with Crippen LogP contribution >= 0.6 is 11.6 Å². The third-order valence-corrected chi connectivity index (χ3v) is 12.2. The van der Waals surface area contributed by atoms with E-state index >= 15 is 0 Å². The summed E-state index contributed by atoms with van der Waals surface area (Å²) >= 11 is 6.23. The molecule has 2 aromatic carbocycles. The number of hydrogen-bond donors (Lipinski definition) is 2. The van der Waals surface area contributed by atoms with Gasteiger partial charge in [-0.1, -0.05) is 39.3 Å². The normalized spacial score (nSPS) is 25.4. The zero-order valence-electron chi connectivity index (χ0n) is 31.4. The second-order valence-electron chi connectivity index (χ2n) is 16.3. The van der Waals surface area contributed by atoms with Crippen LogP contribution in [0.2, 0.25) is 5.02 Å². The Morgan fingerprint density at radius 3 is 2.36 bits per heavy atom. The zero-order chi connectivity index (χ0) is 39.2. The maximum atomic E-state index is 13.4. The molecule has 288 valence electrons. The summed E-state index contributed by atoms with van der Waals surface area (Å²) in [6.07, 6.45) is 7.67. The number of carbonyl (C=O) groups is 5. The zero-order valence-corrected chi connectivity index (χ0v) is 32.2. The molecule has 1 atom stereocenters. The third-order valence-electron chi connectivity index (χ3n) is 11.9.